The first kappa shape index (κ1) is 15.9. The summed E-state index contributed by atoms with van der Waals surface area (Å²) in [6.45, 7) is 0.112. The van der Waals surface area contributed by atoms with Crippen LogP contribution >= 0.6 is 11.6 Å². The van der Waals surface area contributed by atoms with E-state index in [2.05, 4.69) is 17.2 Å². The van der Waals surface area contributed by atoms with Gasteiger partial charge in [0, 0.05) is 11.6 Å². The molecule has 0 aliphatic heterocycles. The molecule has 0 spiro atoms. The van der Waals surface area contributed by atoms with Gasteiger partial charge in [0.25, 0.3) is 5.91 Å². The zero-order valence-electron chi connectivity index (χ0n) is 12.5. The van der Waals surface area contributed by atoms with Gasteiger partial charge in [-0.1, -0.05) is 47.7 Å². The molecule has 2 aromatic carbocycles. The van der Waals surface area contributed by atoms with Crippen LogP contribution in [-0.4, -0.2) is 12.5 Å². The number of halogens is 1. The van der Waals surface area contributed by atoms with E-state index in [1.165, 1.54) is 6.07 Å². The topological polar surface area (TPSA) is 59.3 Å². The highest BCUT2D eigenvalue weighted by Crippen LogP contribution is 2.13. The molecule has 1 amide bonds. The van der Waals surface area contributed by atoms with Crippen LogP contribution in [0.2, 0.25) is 5.02 Å². The Morgan fingerprint density at radius 3 is 2.71 bits per heavy atom. The summed E-state index contributed by atoms with van der Waals surface area (Å²) in [6.07, 6.45) is 0. The highest BCUT2D eigenvalue weighted by atomic mass is 35.5. The van der Waals surface area contributed by atoms with Gasteiger partial charge in [-0.25, -0.2) is 0 Å². The van der Waals surface area contributed by atoms with Crippen LogP contribution in [0.4, 0.5) is 0 Å². The van der Waals surface area contributed by atoms with Gasteiger partial charge in [0.15, 0.2) is 11.2 Å². The zero-order valence-corrected chi connectivity index (χ0v) is 13.3. The molecule has 0 radical (unpaired) electrons. The summed E-state index contributed by atoms with van der Waals surface area (Å²) in [7, 11) is 0. The van der Waals surface area contributed by atoms with Crippen LogP contribution in [0.25, 0.3) is 11.0 Å². The minimum Gasteiger partial charge on any atom is -0.451 e. The van der Waals surface area contributed by atoms with Crippen molar-refractivity contribution in [2.45, 2.75) is 0 Å². The Hall–Kier alpha value is -3.03. The number of benzene rings is 2. The molecular weight excluding hydrogens is 326 g/mol. The predicted molar refractivity (Wildman–Crippen MR) is 93.1 cm³/mol. The molecular formula is C19H12ClNO3. The van der Waals surface area contributed by atoms with Crippen molar-refractivity contribution in [3.05, 3.63) is 81.2 Å². The van der Waals surface area contributed by atoms with E-state index >= 15 is 0 Å². The van der Waals surface area contributed by atoms with Crippen molar-refractivity contribution in [1.82, 2.24) is 5.32 Å². The van der Waals surface area contributed by atoms with Gasteiger partial charge in [0.2, 0.25) is 0 Å². The van der Waals surface area contributed by atoms with Crippen LogP contribution in [0.5, 0.6) is 0 Å². The van der Waals surface area contributed by atoms with Crippen molar-refractivity contribution in [3.63, 3.8) is 0 Å². The van der Waals surface area contributed by atoms with E-state index < -0.39 is 5.91 Å². The fraction of sp³-hybridized carbons (Fsp3) is 0.0526. The second kappa shape index (κ2) is 7.03. The van der Waals surface area contributed by atoms with Gasteiger partial charge in [-0.15, -0.1) is 0 Å². The van der Waals surface area contributed by atoms with Gasteiger partial charge in [-0.2, -0.15) is 0 Å². The van der Waals surface area contributed by atoms with Gasteiger partial charge in [0.1, 0.15) is 5.58 Å². The fourth-order valence-corrected chi connectivity index (χ4v) is 2.31. The van der Waals surface area contributed by atoms with Crippen LogP contribution in [-0.2, 0) is 0 Å². The SMILES string of the molecule is O=C(NCC#Cc1ccccc1Cl)c1cc(=O)c2ccccc2o1. The van der Waals surface area contributed by atoms with E-state index in [1.807, 2.05) is 12.1 Å². The Balaban J connectivity index is 1.72. The zero-order chi connectivity index (χ0) is 16.9. The molecule has 1 aromatic heterocycles. The highest BCUT2D eigenvalue weighted by Gasteiger charge is 2.11. The Bertz CT molecular complexity index is 1030. The minimum atomic E-state index is -0.494. The van der Waals surface area contributed by atoms with Crippen LogP contribution in [0.15, 0.2) is 63.8 Å². The summed E-state index contributed by atoms with van der Waals surface area (Å²) in [5.74, 6) is 5.14. The lowest BCUT2D eigenvalue weighted by Crippen LogP contribution is -2.24. The molecule has 24 heavy (non-hydrogen) atoms. The van der Waals surface area contributed by atoms with Crippen LogP contribution < -0.4 is 10.7 Å². The predicted octanol–water partition coefficient (Wildman–Crippen LogP) is 3.23. The van der Waals surface area contributed by atoms with Gasteiger partial charge in [-0.3, -0.25) is 9.59 Å². The van der Waals surface area contributed by atoms with E-state index in [0.29, 0.717) is 21.6 Å². The largest absolute Gasteiger partial charge is 0.451 e. The number of hydrogen-bond donors (Lipinski definition) is 1. The van der Waals surface area contributed by atoms with Crippen LogP contribution in [0.3, 0.4) is 0 Å². The number of amides is 1. The number of para-hydroxylation sites is 1. The molecule has 0 saturated carbocycles. The molecule has 4 nitrogen and oxygen atoms in total. The number of fused-ring (bicyclic) bond motifs is 1. The monoisotopic (exact) mass is 337 g/mol. The average molecular weight is 338 g/mol. The molecule has 0 fully saturated rings. The third-order valence-corrected chi connectivity index (χ3v) is 3.62. The Morgan fingerprint density at radius 1 is 1.12 bits per heavy atom. The number of nitrogens with one attached hydrogen (secondary N) is 1. The first-order valence-corrected chi connectivity index (χ1v) is 7.57. The standard InChI is InChI=1S/C19H12ClNO3/c20-15-9-3-1-6-13(15)7-5-11-21-19(23)18-12-16(22)14-8-2-4-10-17(14)24-18/h1-4,6,8-10,12H,11H2,(H,21,23). The van der Waals surface area contributed by atoms with E-state index in [0.717, 1.165) is 0 Å². The first-order chi connectivity index (χ1) is 11.6. The van der Waals surface area contributed by atoms with Crippen molar-refractivity contribution in [2.75, 3.05) is 6.54 Å². The second-order valence-electron chi connectivity index (χ2n) is 4.94. The maximum Gasteiger partial charge on any atom is 0.287 e. The van der Waals surface area contributed by atoms with Crippen LogP contribution in [0, 0.1) is 11.8 Å². The molecule has 0 atom stereocenters. The second-order valence-corrected chi connectivity index (χ2v) is 5.34. The lowest BCUT2D eigenvalue weighted by Gasteiger charge is -2.02. The summed E-state index contributed by atoms with van der Waals surface area (Å²) >= 11 is 5.99. The van der Waals surface area contributed by atoms with Crippen molar-refractivity contribution < 1.29 is 9.21 Å². The van der Waals surface area contributed by atoms with Gasteiger partial charge >= 0.3 is 0 Å². The molecule has 3 aromatic rings. The number of carbonyl (C=O) groups excluding carboxylic acids is 1. The third kappa shape index (κ3) is 3.48. The third-order valence-electron chi connectivity index (χ3n) is 3.29. The first-order valence-electron chi connectivity index (χ1n) is 7.19. The Morgan fingerprint density at radius 2 is 1.88 bits per heavy atom. The van der Waals surface area contributed by atoms with E-state index in [4.69, 9.17) is 16.0 Å². The number of rotatable bonds is 2. The maximum atomic E-state index is 12.1. The minimum absolute atomic E-state index is 0.0433. The van der Waals surface area contributed by atoms with Gasteiger partial charge in [0.05, 0.1) is 17.0 Å². The van der Waals surface area contributed by atoms with E-state index in [1.54, 1.807) is 36.4 Å². The quantitative estimate of drug-likeness (QED) is 0.730. The molecule has 0 aliphatic rings. The average Bonchev–Trinajstić information content (AvgIpc) is 2.60. The molecule has 0 unspecified atom stereocenters. The Kier molecular flexibility index (Phi) is 4.64. The van der Waals surface area contributed by atoms with Gasteiger partial charge < -0.3 is 9.73 Å². The summed E-state index contributed by atoms with van der Waals surface area (Å²) in [5.41, 5.74) is 0.798. The fourth-order valence-electron chi connectivity index (χ4n) is 2.13. The molecule has 0 aliphatic carbocycles. The summed E-state index contributed by atoms with van der Waals surface area (Å²) < 4.78 is 5.46. The molecule has 1 heterocycles. The molecule has 1 N–H and O–H groups in total. The van der Waals surface area contributed by atoms with Crippen molar-refractivity contribution in [3.8, 4) is 11.8 Å². The molecule has 118 valence electrons. The lowest BCUT2D eigenvalue weighted by atomic mass is 10.2. The number of hydrogen-bond acceptors (Lipinski definition) is 3. The summed E-state index contributed by atoms with van der Waals surface area (Å²) in [5, 5.41) is 3.58. The molecule has 0 bridgehead atoms. The Labute approximate surface area is 143 Å². The highest BCUT2D eigenvalue weighted by molar-refractivity contribution is 6.31. The molecule has 5 heteroatoms. The van der Waals surface area contributed by atoms with E-state index in [-0.39, 0.29) is 17.7 Å². The van der Waals surface area contributed by atoms with Crippen molar-refractivity contribution >= 4 is 28.5 Å². The smallest absolute Gasteiger partial charge is 0.287 e. The number of carbonyl (C=O) groups is 1. The summed E-state index contributed by atoms with van der Waals surface area (Å²) in [6, 6.07) is 15.1. The normalized spacial score (nSPS) is 10.0. The maximum absolute atomic E-state index is 12.1. The summed E-state index contributed by atoms with van der Waals surface area (Å²) in [4.78, 5) is 24.1. The van der Waals surface area contributed by atoms with Crippen molar-refractivity contribution in [1.29, 1.82) is 0 Å². The van der Waals surface area contributed by atoms with E-state index in [9.17, 15) is 9.59 Å². The van der Waals surface area contributed by atoms with Crippen LogP contribution in [0.1, 0.15) is 16.1 Å². The van der Waals surface area contributed by atoms with Crippen molar-refractivity contribution in [2.24, 2.45) is 0 Å². The molecule has 0 saturated heterocycles. The lowest BCUT2D eigenvalue weighted by molar-refractivity contribution is 0.0931. The van der Waals surface area contributed by atoms with Gasteiger partial charge in [-0.05, 0) is 24.3 Å². The molecule has 3 rings (SSSR count).